The van der Waals surface area contributed by atoms with Gasteiger partial charge in [-0.25, -0.2) is 9.98 Å². The topological polar surface area (TPSA) is 62.9 Å². The first-order valence-electron chi connectivity index (χ1n) is 21.7. The predicted molar refractivity (Wildman–Crippen MR) is 256 cm³/mol. The molecule has 8 nitrogen and oxygen atoms in total. The van der Waals surface area contributed by atoms with Crippen LogP contribution < -0.4 is 29.9 Å². The number of hydrogen-bond donors (Lipinski definition) is 2. The maximum atomic E-state index is 5.21. The van der Waals surface area contributed by atoms with Gasteiger partial charge in [0.2, 0.25) is 16.7 Å². The lowest BCUT2D eigenvalue weighted by atomic mass is 9.93. The number of aliphatic imine (C=N–C) groups is 1. The van der Waals surface area contributed by atoms with E-state index in [0.29, 0.717) is 0 Å². The Morgan fingerprint density at radius 2 is 1.22 bits per heavy atom. The smallest absolute Gasteiger partial charge is 0.239 e. The second kappa shape index (κ2) is 17.6. The van der Waals surface area contributed by atoms with Crippen molar-refractivity contribution in [3.63, 3.8) is 0 Å². The fourth-order valence-corrected chi connectivity index (χ4v) is 8.95. The molecule has 1 atom stereocenters. The molecule has 0 radical (unpaired) electrons. The largest absolute Gasteiger partial charge is 0.385 e. The van der Waals surface area contributed by atoms with Crippen LogP contribution in [0.25, 0.3) is 27.8 Å². The van der Waals surface area contributed by atoms with E-state index < -0.39 is 0 Å². The molecule has 0 bridgehead atoms. The Balaban J connectivity index is 0.858. The summed E-state index contributed by atoms with van der Waals surface area (Å²) in [7, 11) is 8.43. The second-order valence-corrected chi connectivity index (χ2v) is 17.1. The third kappa shape index (κ3) is 8.33. The molecule has 0 saturated heterocycles. The first-order valence-corrected chi connectivity index (χ1v) is 21.7. The molecule has 6 aromatic rings. The van der Waals surface area contributed by atoms with Gasteiger partial charge in [-0.05, 0) is 111 Å². The van der Waals surface area contributed by atoms with Gasteiger partial charge in [0.05, 0.1) is 23.1 Å². The molecule has 1 unspecified atom stereocenters. The summed E-state index contributed by atoms with van der Waals surface area (Å²) in [6.07, 6.45) is 11.9. The summed E-state index contributed by atoms with van der Waals surface area (Å²) in [4.78, 5) is 17.2. The van der Waals surface area contributed by atoms with E-state index in [1.165, 1.54) is 76.4 Å². The summed E-state index contributed by atoms with van der Waals surface area (Å²) in [5.74, 6) is 0. The van der Waals surface area contributed by atoms with Gasteiger partial charge in [0.1, 0.15) is 11.0 Å². The highest BCUT2D eigenvalue weighted by atomic mass is 15.2. The number of allylic oxidation sites excluding steroid dienone is 1. The van der Waals surface area contributed by atoms with E-state index in [-0.39, 0.29) is 6.04 Å². The number of rotatable bonds is 15. The molecule has 2 heterocycles. The summed E-state index contributed by atoms with van der Waals surface area (Å²) in [5, 5.41) is 7.59. The summed E-state index contributed by atoms with van der Waals surface area (Å²) in [6, 6.07) is 35.0. The molecule has 0 saturated carbocycles. The molecular formula is C52H61N8+. The Labute approximate surface area is 357 Å². The summed E-state index contributed by atoms with van der Waals surface area (Å²) >= 11 is 0. The minimum atomic E-state index is 0.0256. The first kappa shape index (κ1) is 40.6. The van der Waals surface area contributed by atoms with Crippen molar-refractivity contribution in [1.82, 2.24) is 10.3 Å². The summed E-state index contributed by atoms with van der Waals surface area (Å²) < 4.78 is 2.37. The number of nitrogens with zero attached hydrogens (tertiary/aromatic N) is 6. The van der Waals surface area contributed by atoms with E-state index in [2.05, 4.69) is 195 Å². The molecule has 2 aliphatic rings. The van der Waals surface area contributed by atoms with Gasteiger partial charge in [-0.3, -0.25) is 0 Å². The minimum Gasteiger partial charge on any atom is -0.385 e. The molecule has 8 heteroatoms. The van der Waals surface area contributed by atoms with E-state index in [4.69, 9.17) is 9.98 Å². The van der Waals surface area contributed by atoms with Gasteiger partial charge < -0.3 is 25.3 Å². The molecule has 1 aliphatic heterocycles. The molecule has 308 valence electrons. The van der Waals surface area contributed by atoms with Crippen LogP contribution in [0.1, 0.15) is 62.1 Å². The highest BCUT2D eigenvalue weighted by Crippen LogP contribution is 2.45. The number of para-hydroxylation sites is 2. The van der Waals surface area contributed by atoms with Gasteiger partial charge >= 0.3 is 0 Å². The lowest BCUT2D eigenvalue weighted by molar-refractivity contribution is -0.538. The fraction of sp³-hybridized carbons (Fsp3) is 0.327. The molecule has 1 aromatic heterocycles. The number of benzene rings is 5. The van der Waals surface area contributed by atoms with Crippen molar-refractivity contribution >= 4 is 61.9 Å². The minimum absolute atomic E-state index is 0.0256. The average Bonchev–Trinajstić information content (AvgIpc) is 3.23. The van der Waals surface area contributed by atoms with Crippen molar-refractivity contribution in [2.24, 2.45) is 4.99 Å². The molecule has 0 spiro atoms. The van der Waals surface area contributed by atoms with E-state index in [1.54, 1.807) is 0 Å². The monoisotopic (exact) mass is 798 g/mol. The van der Waals surface area contributed by atoms with Crippen molar-refractivity contribution in [3.05, 3.63) is 137 Å². The van der Waals surface area contributed by atoms with Crippen LogP contribution in [0.15, 0.2) is 125 Å². The molecular weight excluding hydrogens is 737 g/mol. The van der Waals surface area contributed by atoms with E-state index in [1.807, 2.05) is 0 Å². The van der Waals surface area contributed by atoms with E-state index in [9.17, 15) is 0 Å². The van der Waals surface area contributed by atoms with Crippen LogP contribution in [0.4, 0.5) is 34.1 Å². The van der Waals surface area contributed by atoms with Gasteiger partial charge in [0, 0.05) is 94.0 Å². The van der Waals surface area contributed by atoms with Crippen LogP contribution in [0.3, 0.4) is 0 Å². The zero-order chi connectivity index (χ0) is 41.9. The Morgan fingerprint density at radius 3 is 1.90 bits per heavy atom. The summed E-state index contributed by atoms with van der Waals surface area (Å²) in [5.41, 5.74) is 19.5. The summed E-state index contributed by atoms with van der Waals surface area (Å²) in [6.45, 7) is 10.7. The SMILES string of the molecule is CC1=CC2=Nc3cc(C)c(N(C)C)cc3N(c3ccccc3)C2C=C1NCCCCCCCCNc1cc2c(cc1C)nc1cc(C)c(N(C)C)cc1[n+]2-c1ccccc1. The fourth-order valence-electron chi connectivity index (χ4n) is 8.95. The van der Waals surface area contributed by atoms with Gasteiger partial charge in [-0.15, -0.1) is 4.57 Å². The highest BCUT2D eigenvalue weighted by molar-refractivity contribution is 6.11. The van der Waals surface area contributed by atoms with Crippen molar-refractivity contribution in [2.45, 2.75) is 72.3 Å². The van der Waals surface area contributed by atoms with Crippen molar-refractivity contribution in [2.75, 3.05) is 61.3 Å². The number of hydrogen-bond acceptors (Lipinski definition) is 7. The van der Waals surface area contributed by atoms with E-state index in [0.717, 1.165) is 70.8 Å². The number of unbranched alkanes of at least 4 members (excludes halogenated alkanes) is 5. The molecule has 0 amide bonds. The van der Waals surface area contributed by atoms with Gasteiger partial charge in [-0.2, -0.15) is 0 Å². The third-order valence-electron chi connectivity index (χ3n) is 12.1. The number of nitrogens with one attached hydrogen (secondary N) is 2. The Kier molecular flexibility index (Phi) is 11.9. The molecule has 60 heavy (non-hydrogen) atoms. The normalized spacial score (nSPS) is 14.6. The maximum absolute atomic E-state index is 5.21. The van der Waals surface area contributed by atoms with Gasteiger partial charge in [-0.1, -0.05) is 62.1 Å². The van der Waals surface area contributed by atoms with Crippen LogP contribution in [-0.2, 0) is 0 Å². The van der Waals surface area contributed by atoms with Crippen LogP contribution in [0.5, 0.6) is 0 Å². The van der Waals surface area contributed by atoms with Crippen LogP contribution in [0.2, 0.25) is 0 Å². The predicted octanol–water partition coefficient (Wildman–Crippen LogP) is 11.2. The van der Waals surface area contributed by atoms with Crippen molar-refractivity contribution < 1.29 is 4.57 Å². The van der Waals surface area contributed by atoms with E-state index >= 15 is 0 Å². The van der Waals surface area contributed by atoms with Crippen molar-refractivity contribution in [3.8, 4) is 5.69 Å². The first-order chi connectivity index (χ1) is 29.1. The zero-order valence-corrected chi connectivity index (χ0v) is 36.8. The molecule has 0 fully saturated rings. The molecule has 5 aromatic carbocycles. The molecule has 1 aliphatic carbocycles. The Bertz CT molecular complexity index is 2610. The molecule has 8 rings (SSSR count). The highest BCUT2D eigenvalue weighted by Gasteiger charge is 2.33. The third-order valence-corrected chi connectivity index (χ3v) is 12.1. The number of anilines is 5. The standard InChI is InChI=1S/C52H60N8/c1-35-27-43-49(59(39-21-15-13-16-22-39)51-33-47(57(5)6)37(3)29-45(51)55-43)31-41(35)53-25-19-11-9-10-12-20-26-54-42-32-50-44(28-36(42)2)56-46-30-38(4)48(58(7)8)34-52(46)60(50)40-23-17-14-18-24-40/h13-18,21-24,27-34,49,53H,9-12,19-20,25-26H2,1-8H3/p+1. The maximum Gasteiger partial charge on any atom is 0.239 e. The van der Waals surface area contributed by atoms with Gasteiger partial charge in [0.15, 0.2) is 0 Å². The number of aryl methyl sites for hydroxylation is 3. The zero-order valence-electron chi connectivity index (χ0n) is 36.8. The van der Waals surface area contributed by atoms with Gasteiger partial charge in [0.25, 0.3) is 0 Å². The van der Waals surface area contributed by atoms with Crippen LogP contribution in [0, 0.1) is 20.8 Å². The Morgan fingerprint density at radius 1 is 0.633 bits per heavy atom. The second-order valence-electron chi connectivity index (χ2n) is 17.1. The van der Waals surface area contributed by atoms with Crippen LogP contribution >= 0.6 is 0 Å². The Hall–Kier alpha value is -6.15. The quantitative estimate of drug-likeness (QED) is 0.0613. The number of fused-ring (bicyclic) bond motifs is 4. The number of aromatic nitrogens is 2. The molecule has 2 N–H and O–H groups in total. The lowest BCUT2D eigenvalue weighted by Crippen LogP contribution is -2.41. The van der Waals surface area contributed by atoms with Crippen LogP contribution in [-0.4, -0.2) is 58.0 Å². The van der Waals surface area contributed by atoms with Crippen molar-refractivity contribution in [1.29, 1.82) is 0 Å². The average molecular weight is 798 g/mol. The lowest BCUT2D eigenvalue weighted by Gasteiger charge is -2.39.